The van der Waals surface area contributed by atoms with Gasteiger partial charge in [-0.25, -0.2) is 0 Å². The summed E-state index contributed by atoms with van der Waals surface area (Å²) in [5, 5.41) is 3.56. The van der Waals surface area contributed by atoms with Crippen molar-refractivity contribution < 1.29 is 0 Å². The van der Waals surface area contributed by atoms with Crippen LogP contribution in [-0.4, -0.2) is 61.7 Å². The summed E-state index contributed by atoms with van der Waals surface area (Å²) in [7, 11) is 0. The number of rotatable bonds is 7. The Hall–Kier alpha value is -0.120. The van der Waals surface area contributed by atoms with E-state index >= 15 is 0 Å². The first-order valence-corrected chi connectivity index (χ1v) is 6.98. The summed E-state index contributed by atoms with van der Waals surface area (Å²) in [4.78, 5) is 5.20. The Morgan fingerprint density at radius 2 is 1.62 bits per heavy atom. The summed E-state index contributed by atoms with van der Waals surface area (Å²) in [5.74, 6) is 0. The Morgan fingerprint density at radius 1 is 1.00 bits per heavy atom. The van der Waals surface area contributed by atoms with Crippen LogP contribution in [-0.2, 0) is 0 Å². The van der Waals surface area contributed by atoms with Gasteiger partial charge in [-0.15, -0.1) is 0 Å². The third kappa shape index (κ3) is 4.81. The van der Waals surface area contributed by atoms with Gasteiger partial charge in [-0.3, -0.25) is 4.90 Å². The lowest BCUT2D eigenvalue weighted by molar-refractivity contribution is 0.122. The van der Waals surface area contributed by atoms with Crippen molar-refractivity contribution in [2.45, 2.75) is 39.7 Å². The fourth-order valence-electron chi connectivity index (χ4n) is 2.45. The fourth-order valence-corrected chi connectivity index (χ4v) is 2.45. The summed E-state index contributed by atoms with van der Waals surface area (Å²) >= 11 is 0. The molecule has 0 amide bonds. The molecule has 0 aromatic carbocycles. The molecule has 0 saturated carbocycles. The van der Waals surface area contributed by atoms with Crippen LogP contribution < -0.4 is 5.32 Å². The summed E-state index contributed by atoms with van der Waals surface area (Å²) in [6.07, 6.45) is 2.53. The minimum absolute atomic E-state index is 0.683. The van der Waals surface area contributed by atoms with Crippen molar-refractivity contribution >= 4 is 0 Å². The third-order valence-corrected chi connectivity index (χ3v) is 3.47. The maximum absolute atomic E-state index is 3.56. The predicted molar refractivity (Wildman–Crippen MR) is 70.9 cm³/mol. The molecule has 0 bridgehead atoms. The molecule has 1 heterocycles. The summed E-state index contributed by atoms with van der Waals surface area (Å²) in [6, 6.07) is 0.683. The molecule has 96 valence electrons. The summed E-state index contributed by atoms with van der Waals surface area (Å²) < 4.78 is 0. The van der Waals surface area contributed by atoms with Crippen molar-refractivity contribution in [3.63, 3.8) is 0 Å². The van der Waals surface area contributed by atoms with Gasteiger partial charge in [0.15, 0.2) is 0 Å². The van der Waals surface area contributed by atoms with Crippen molar-refractivity contribution in [2.24, 2.45) is 0 Å². The number of piperazine rings is 1. The third-order valence-electron chi connectivity index (χ3n) is 3.47. The number of nitrogens with zero attached hydrogens (tertiary/aromatic N) is 2. The van der Waals surface area contributed by atoms with E-state index in [0.717, 1.165) is 6.54 Å². The van der Waals surface area contributed by atoms with Gasteiger partial charge < -0.3 is 10.2 Å². The van der Waals surface area contributed by atoms with Gasteiger partial charge in [0, 0.05) is 38.8 Å². The second-order valence-electron chi connectivity index (χ2n) is 4.81. The number of nitrogens with one attached hydrogen (secondary N) is 1. The van der Waals surface area contributed by atoms with E-state index in [9.17, 15) is 0 Å². The SMILES string of the molecule is CCCN1CCN(CC(CC)NCC)CC1. The molecule has 1 atom stereocenters. The van der Waals surface area contributed by atoms with E-state index in [0.29, 0.717) is 6.04 Å². The van der Waals surface area contributed by atoms with Crippen LogP contribution in [0.2, 0.25) is 0 Å². The molecule has 3 nitrogen and oxygen atoms in total. The molecule has 0 spiro atoms. The molecular weight excluding hydrogens is 198 g/mol. The van der Waals surface area contributed by atoms with Gasteiger partial charge in [0.1, 0.15) is 0 Å². The first-order chi connectivity index (χ1) is 7.80. The van der Waals surface area contributed by atoms with Crippen molar-refractivity contribution in [3.8, 4) is 0 Å². The Kier molecular flexibility index (Phi) is 7.01. The van der Waals surface area contributed by atoms with E-state index in [4.69, 9.17) is 0 Å². The molecule has 0 radical (unpaired) electrons. The molecule has 1 aliphatic heterocycles. The van der Waals surface area contributed by atoms with E-state index in [-0.39, 0.29) is 0 Å². The van der Waals surface area contributed by atoms with Gasteiger partial charge >= 0.3 is 0 Å². The second-order valence-corrected chi connectivity index (χ2v) is 4.81. The smallest absolute Gasteiger partial charge is 0.0192 e. The van der Waals surface area contributed by atoms with Gasteiger partial charge in [-0.05, 0) is 25.9 Å². The highest BCUT2D eigenvalue weighted by atomic mass is 15.3. The minimum atomic E-state index is 0.683. The number of hydrogen-bond donors (Lipinski definition) is 1. The molecule has 1 unspecified atom stereocenters. The average molecular weight is 227 g/mol. The van der Waals surface area contributed by atoms with Crippen LogP contribution in [0.15, 0.2) is 0 Å². The molecule has 1 N–H and O–H groups in total. The van der Waals surface area contributed by atoms with E-state index < -0.39 is 0 Å². The monoisotopic (exact) mass is 227 g/mol. The zero-order chi connectivity index (χ0) is 11.8. The van der Waals surface area contributed by atoms with Crippen LogP contribution in [0.4, 0.5) is 0 Å². The van der Waals surface area contributed by atoms with E-state index in [1.807, 2.05) is 0 Å². The molecule has 16 heavy (non-hydrogen) atoms. The number of hydrogen-bond acceptors (Lipinski definition) is 3. The Balaban J connectivity index is 2.20. The molecule has 1 saturated heterocycles. The fraction of sp³-hybridized carbons (Fsp3) is 1.00. The minimum Gasteiger partial charge on any atom is -0.313 e. The maximum atomic E-state index is 3.56. The Bertz CT molecular complexity index is 165. The Morgan fingerprint density at radius 3 is 2.12 bits per heavy atom. The van der Waals surface area contributed by atoms with Crippen LogP contribution in [0.25, 0.3) is 0 Å². The van der Waals surface area contributed by atoms with Crippen molar-refractivity contribution in [1.29, 1.82) is 0 Å². The Labute approximate surface area is 101 Å². The average Bonchev–Trinajstić information content (AvgIpc) is 2.31. The molecule has 1 rings (SSSR count). The topological polar surface area (TPSA) is 18.5 Å². The van der Waals surface area contributed by atoms with Crippen LogP contribution >= 0.6 is 0 Å². The number of likely N-dealkylation sites (N-methyl/N-ethyl adjacent to an activating group) is 1. The van der Waals surface area contributed by atoms with E-state index in [2.05, 4.69) is 35.9 Å². The van der Waals surface area contributed by atoms with Gasteiger partial charge in [-0.1, -0.05) is 20.8 Å². The highest BCUT2D eigenvalue weighted by molar-refractivity contribution is 4.76. The van der Waals surface area contributed by atoms with Crippen LogP contribution in [0, 0.1) is 0 Å². The van der Waals surface area contributed by atoms with Gasteiger partial charge in [-0.2, -0.15) is 0 Å². The van der Waals surface area contributed by atoms with Crippen molar-refractivity contribution in [2.75, 3.05) is 45.8 Å². The first-order valence-electron chi connectivity index (χ1n) is 6.98. The molecule has 0 aromatic heterocycles. The molecule has 1 aliphatic rings. The second kappa shape index (κ2) is 8.04. The highest BCUT2D eigenvalue weighted by Crippen LogP contribution is 2.04. The quantitative estimate of drug-likeness (QED) is 0.709. The summed E-state index contributed by atoms with van der Waals surface area (Å²) in [6.45, 7) is 15.4. The normalized spacial score (nSPS) is 21.2. The molecule has 0 aliphatic carbocycles. The standard InChI is InChI=1S/C13H29N3/c1-4-7-15-8-10-16(11-9-15)12-13(5-2)14-6-3/h13-14H,4-12H2,1-3H3. The van der Waals surface area contributed by atoms with Crippen LogP contribution in [0.5, 0.6) is 0 Å². The lowest BCUT2D eigenvalue weighted by Crippen LogP contribution is -2.50. The zero-order valence-corrected chi connectivity index (χ0v) is 11.3. The van der Waals surface area contributed by atoms with Crippen molar-refractivity contribution in [3.05, 3.63) is 0 Å². The zero-order valence-electron chi connectivity index (χ0n) is 11.3. The van der Waals surface area contributed by atoms with E-state index in [1.54, 1.807) is 0 Å². The van der Waals surface area contributed by atoms with Crippen LogP contribution in [0.3, 0.4) is 0 Å². The lowest BCUT2D eigenvalue weighted by Gasteiger charge is -2.36. The van der Waals surface area contributed by atoms with Gasteiger partial charge in [0.05, 0.1) is 0 Å². The lowest BCUT2D eigenvalue weighted by atomic mass is 10.2. The van der Waals surface area contributed by atoms with E-state index in [1.165, 1.54) is 52.1 Å². The van der Waals surface area contributed by atoms with Crippen LogP contribution in [0.1, 0.15) is 33.6 Å². The predicted octanol–water partition coefficient (Wildman–Crippen LogP) is 1.40. The van der Waals surface area contributed by atoms with Gasteiger partial charge in [0.2, 0.25) is 0 Å². The first kappa shape index (κ1) is 13.9. The highest BCUT2D eigenvalue weighted by Gasteiger charge is 2.18. The summed E-state index contributed by atoms with van der Waals surface area (Å²) in [5.41, 5.74) is 0. The largest absolute Gasteiger partial charge is 0.313 e. The van der Waals surface area contributed by atoms with Crippen molar-refractivity contribution in [1.82, 2.24) is 15.1 Å². The molecule has 0 aromatic rings. The molecular formula is C13H29N3. The molecule has 1 fully saturated rings. The molecule has 3 heteroatoms. The van der Waals surface area contributed by atoms with Gasteiger partial charge in [0.25, 0.3) is 0 Å². The maximum Gasteiger partial charge on any atom is 0.0192 e.